The van der Waals surface area contributed by atoms with Crippen LogP contribution in [-0.4, -0.2) is 23.8 Å². The van der Waals surface area contributed by atoms with Gasteiger partial charge in [-0.2, -0.15) is 0 Å². The summed E-state index contributed by atoms with van der Waals surface area (Å²) in [6, 6.07) is 16.9. The quantitative estimate of drug-likeness (QED) is 0.797. The third kappa shape index (κ3) is 4.75. The van der Waals surface area contributed by atoms with Gasteiger partial charge in [-0.25, -0.2) is 4.79 Å². The molecule has 0 radical (unpaired) electrons. The average Bonchev–Trinajstić information content (AvgIpc) is 2.66. The molecule has 0 amide bonds. The van der Waals surface area contributed by atoms with Gasteiger partial charge in [0.1, 0.15) is 18.1 Å². The maximum Gasteiger partial charge on any atom is 0.348 e. The number of carboxylic acid groups (broad SMARTS) is 1. The normalized spacial score (nSPS) is 16.2. The van der Waals surface area contributed by atoms with Crippen LogP contribution in [-0.2, 0) is 4.79 Å². The lowest BCUT2D eigenvalue weighted by molar-refractivity contribution is -0.146. The Bertz CT molecular complexity index is 677. The van der Waals surface area contributed by atoms with Crippen molar-refractivity contribution in [2.24, 2.45) is 0 Å². The summed E-state index contributed by atoms with van der Waals surface area (Å²) in [5.41, 5.74) is 1.19. The first-order valence-corrected chi connectivity index (χ1v) is 8.90. The van der Waals surface area contributed by atoms with Gasteiger partial charge in [0.15, 0.2) is 0 Å². The van der Waals surface area contributed by atoms with Crippen molar-refractivity contribution in [3.05, 3.63) is 60.2 Å². The van der Waals surface area contributed by atoms with Crippen LogP contribution in [0.2, 0.25) is 0 Å². The highest BCUT2D eigenvalue weighted by Gasteiger charge is 2.23. The number of para-hydroxylation sites is 2. The highest BCUT2D eigenvalue weighted by atomic mass is 16.6. The Hall–Kier alpha value is -2.49. The van der Waals surface area contributed by atoms with Crippen molar-refractivity contribution in [1.29, 1.82) is 0 Å². The molecule has 1 N–H and O–H groups in total. The standard InChI is InChI=1S/C21H24O4/c22-21(23)20(25-17-11-5-2-6-12-17)15-24-19-14-8-7-13-18(19)16-9-3-1-4-10-16/h2,5-8,11-14,16,20H,1,3-4,9-10,15H2,(H,22,23). The van der Waals surface area contributed by atoms with Crippen LogP contribution in [0.25, 0.3) is 0 Å². The predicted octanol–water partition coefficient (Wildman–Crippen LogP) is 4.65. The molecule has 2 aromatic rings. The summed E-state index contributed by atoms with van der Waals surface area (Å²) >= 11 is 0. The molecule has 132 valence electrons. The van der Waals surface area contributed by atoms with Crippen LogP contribution >= 0.6 is 0 Å². The molecule has 0 spiro atoms. The van der Waals surface area contributed by atoms with E-state index >= 15 is 0 Å². The van der Waals surface area contributed by atoms with Crippen LogP contribution in [0, 0.1) is 0 Å². The zero-order chi connectivity index (χ0) is 17.5. The summed E-state index contributed by atoms with van der Waals surface area (Å²) in [4.78, 5) is 11.5. The lowest BCUT2D eigenvalue weighted by Crippen LogP contribution is -2.33. The molecule has 1 aliphatic carbocycles. The van der Waals surface area contributed by atoms with Crippen molar-refractivity contribution in [3.8, 4) is 11.5 Å². The molecule has 1 fully saturated rings. The molecule has 4 nitrogen and oxygen atoms in total. The summed E-state index contributed by atoms with van der Waals surface area (Å²) in [7, 11) is 0. The molecule has 0 heterocycles. The van der Waals surface area contributed by atoms with Crippen molar-refractivity contribution < 1.29 is 19.4 Å². The summed E-state index contributed by atoms with van der Waals surface area (Å²) in [5.74, 6) is 0.777. The second kappa shape index (κ2) is 8.56. The highest BCUT2D eigenvalue weighted by Crippen LogP contribution is 2.37. The third-order valence-electron chi connectivity index (χ3n) is 4.65. The maximum atomic E-state index is 11.5. The second-order valence-electron chi connectivity index (χ2n) is 6.44. The molecular formula is C21H24O4. The van der Waals surface area contributed by atoms with Gasteiger partial charge in [0.05, 0.1) is 0 Å². The summed E-state index contributed by atoms with van der Waals surface area (Å²) in [6.07, 6.45) is 5.08. The molecule has 0 aromatic heterocycles. The van der Waals surface area contributed by atoms with Gasteiger partial charge >= 0.3 is 5.97 Å². The number of ether oxygens (including phenoxy) is 2. The summed E-state index contributed by atoms with van der Waals surface area (Å²) < 4.78 is 11.4. The number of rotatable bonds is 7. The Labute approximate surface area is 148 Å². The Morgan fingerprint density at radius 1 is 1.00 bits per heavy atom. The fourth-order valence-corrected chi connectivity index (χ4v) is 3.35. The molecule has 1 saturated carbocycles. The van der Waals surface area contributed by atoms with E-state index < -0.39 is 12.1 Å². The van der Waals surface area contributed by atoms with E-state index in [1.165, 1.54) is 37.7 Å². The minimum absolute atomic E-state index is 0.0199. The van der Waals surface area contributed by atoms with E-state index in [0.717, 1.165) is 5.75 Å². The van der Waals surface area contributed by atoms with Crippen molar-refractivity contribution in [3.63, 3.8) is 0 Å². The average molecular weight is 340 g/mol. The molecule has 1 aliphatic rings. The summed E-state index contributed by atoms with van der Waals surface area (Å²) in [6.45, 7) is -0.0199. The number of carboxylic acids is 1. The lowest BCUT2D eigenvalue weighted by atomic mass is 9.84. The fourth-order valence-electron chi connectivity index (χ4n) is 3.35. The molecule has 4 heteroatoms. The Morgan fingerprint density at radius 3 is 2.40 bits per heavy atom. The van der Waals surface area contributed by atoms with Gasteiger partial charge in [-0.3, -0.25) is 0 Å². The SMILES string of the molecule is O=C(O)C(COc1ccccc1C1CCCCC1)Oc1ccccc1. The number of aliphatic carboxylic acids is 1. The zero-order valence-corrected chi connectivity index (χ0v) is 14.3. The predicted molar refractivity (Wildman–Crippen MR) is 96.3 cm³/mol. The first-order chi connectivity index (χ1) is 12.2. The van der Waals surface area contributed by atoms with E-state index in [1.807, 2.05) is 36.4 Å². The molecule has 2 aromatic carbocycles. The van der Waals surface area contributed by atoms with Gasteiger partial charge < -0.3 is 14.6 Å². The van der Waals surface area contributed by atoms with E-state index in [9.17, 15) is 9.90 Å². The maximum absolute atomic E-state index is 11.5. The van der Waals surface area contributed by atoms with Crippen molar-refractivity contribution in [2.75, 3.05) is 6.61 Å². The fraction of sp³-hybridized carbons (Fsp3) is 0.381. The number of benzene rings is 2. The summed E-state index contributed by atoms with van der Waals surface area (Å²) in [5, 5.41) is 9.43. The van der Waals surface area contributed by atoms with Crippen molar-refractivity contribution >= 4 is 5.97 Å². The van der Waals surface area contributed by atoms with Crippen LogP contribution in [0.3, 0.4) is 0 Å². The van der Waals surface area contributed by atoms with E-state index in [1.54, 1.807) is 12.1 Å². The number of hydrogen-bond acceptors (Lipinski definition) is 3. The highest BCUT2D eigenvalue weighted by molar-refractivity contribution is 5.73. The lowest BCUT2D eigenvalue weighted by Gasteiger charge is -2.24. The number of hydrogen-bond donors (Lipinski definition) is 1. The van der Waals surface area contributed by atoms with Gasteiger partial charge in [0.2, 0.25) is 6.10 Å². The van der Waals surface area contributed by atoms with Crippen molar-refractivity contribution in [1.82, 2.24) is 0 Å². The van der Waals surface area contributed by atoms with E-state index in [-0.39, 0.29) is 6.61 Å². The molecule has 1 unspecified atom stereocenters. The van der Waals surface area contributed by atoms with Gasteiger partial charge in [0.25, 0.3) is 0 Å². The molecule has 0 saturated heterocycles. The van der Waals surface area contributed by atoms with Crippen LogP contribution in [0.1, 0.15) is 43.6 Å². The van der Waals surface area contributed by atoms with Gasteiger partial charge in [-0.15, -0.1) is 0 Å². The molecule has 25 heavy (non-hydrogen) atoms. The van der Waals surface area contributed by atoms with E-state index in [4.69, 9.17) is 9.47 Å². The van der Waals surface area contributed by atoms with Gasteiger partial charge in [-0.05, 0) is 42.5 Å². The van der Waals surface area contributed by atoms with Gasteiger partial charge in [0, 0.05) is 0 Å². The third-order valence-corrected chi connectivity index (χ3v) is 4.65. The van der Waals surface area contributed by atoms with E-state index in [2.05, 4.69) is 6.07 Å². The molecular weight excluding hydrogens is 316 g/mol. The first kappa shape index (κ1) is 17.3. The van der Waals surface area contributed by atoms with Crippen LogP contribution in [0.15, 0.2) is 54.6 Å². The first-order valence-electron chi connectivity index (χ1n) is 8.90. The smallest absolute Gasteiger partial charge is 0.348 e. The number of carbonyl (C=O) groups is 1. The second-order valence-corrected chi connectivity index (χ2v) is 6.44. The molecule has 1 atom stereocenters. The van der Waals surface area contributed by atoms with E-state index in [0.29, 0.717) is 11.7 Å². The Kier molecular flexibility index (Phi) is 5.94. The Morgan fingerprint density at radius 2 is 1.68 bits per heavy atom. The van der Waals surface area contributed by atoms with Gasteiger partial charge in [-0.1, -0.05) is 55.7 Å². The monoisotopic (exact) mass is 340 g/mol. The zero-order valence-electron chi connectivity index (χ0n) is 14.3. The van der Waals surface area contributed by atoms with Crippen LogP contribution in [0.4, 0.5) is 0 Å². The largest absolute Gasteiger partial charge is 0.489 e. The minimum atomic E-state index is -1.04. The molecule has 0 bridgehead atoms. The molecule has 3 rings (SSSR count). The van der Waals surface area contributed by atoms with Crippen LogP contribution < -0.4 is 9.47 Å². The topological polar surface area (TPSA) is 55.8 Å². The van der Waals surface area contributed by atoms with Crippen LogP contribution in [0.5, 0.6) is 11.5 Å². The Balaban J connectivity index is 1.67. The molecule has 0 aliphatic heterocycles. The minimum Gasteiger partial charge on any atom is -0.489 e. The van der Waals surface area contributed by atoms with Crippen molar-refractivity contribution in [2.45, 2.75) is 44.1 Å².